The second-order valence-electron chi connectivity index (χ2n) is 5.30. The highest BCUT2D eigenvalue weighted by atomic mass is 17.0. The largest absolute Gasteiger partial charge is 0.455 e. The Hall–Kier alpha value is -1.41. The maximum absolute atomic E-state index is 10.7. The summed E-state index contributed by atoms with van der Waals surface area (Å²) >= 11 is 0. The fourth-order valence-corrected chi connectivity index (χ4v) is 2.06. The van der Waals surface area contributed by atoms with E-state index in [1.807, 2.05) is 0 Å². The number of carbonyl (C=O) groups is 1. The summed E-state index contributed by atoms with van der Waals surface area (Å²) in [6.45, 7) is -1.11. The number of hydrogen-bond acceptors (Lipinski definition) is 16. The van der Waals surface area contributed by atoms with Crippen molar-refractivity contribution in [1.29, 1.82) is 0 Å². The highest BCUT2D eigenvalue weighted by molar-refractivity contribution is 5.76. The lowest BCUT2D eigenvalue weighted by molar-refractivity contribution is -0.286. The van der Waals surface area contributed by atoms with Crippen LogP contribution in [0, 0.1) is 9.93 Å². The topological polar surface area (TPSA) is 292 Å². The van der Waals surface area contributed by atoms with Gasteiger partial charge in [-0.15, -0.1) is 0 Å². The molecule has 0 aromatic rings. The Morgan fingerprint density at radius 3 is 1.54 bits per heavy atom. The van der Waals surface area contributed by atoms with Crippen LogP contribution in [0.5, 0.6) is 0 Å². The molecule has 0 unspecified atom stereocenters. The summed E-state index contributed by atoms with van der Waals surface area (Å²) in [4.78, 5) is 24.7. The third-order valence-electron chi connectivity index (χ3n) is 3.61. The van der Waals surface area contributed by atoms with Gasteiger partial charge in [0.1, 0.15) is 36.6 Å². The normalized spacial score (nSPS) is 39.7. The van der Waals surface area contributed by atoms with Crippen LogP contribution in [0.4, 0.5) is 0 Å². The van der Waals surface area contributed by atoms with Crippen molar-refractivity contribution in [2.75, 3.05) is 13.2 Å². The van der Waals surface area contributed by atoms with Gasteiger partial charge in [0.05, 0.1) is 13.2 Å². The van der Waals surface area contributed by atoms with E-state index in [0.717, 1.165) is 0 Å². The molecule has 0 aromatic carbocycles. The van der Waals surface area contributed by atoms with Crippen molar-refractivity contribution in [1.82, 2.24) is 0 Å². The fraction of sp³-hybridized carbons (Fsp3) is 0.917. The van der Waals surface area contributed by atoms with Gasteiger partial charge >= 0.3 is 5.97 Å². The lowest BCUT2D eigenvalue weighted by Crippen LogP contribution is -2.58. The average Bonchev–Trinajstić information content (AvgIpc) is 2.73. The number of rotatable bonds is 2. The van der Waals surface area contributed by atoms with Crippen LogP contribution in [0.25, 0.3) is 0 Å². The molecule has 0 amide bonds. The number of ether oxygens (including phenoxy) is 2. The van der Waals surface area contributed by atoms with Gasteiger partial charge in [-0.3, -0.25) is 10.5 Å². The molecule has 0 radical (unpaired) electrons. The van der Waals surface area contributed by atoms with Crippen molar-refractivity contribution in [3.63, 3.8) is 0 Å². The van der Waals surface area contributed by atoms with Crippen LogP contribution in [0.1, 0.15) is 0 Å². The van der Waals surface area contributed by atoms with Gasteiger partial charge in [-0.2, -0.15) is 0 Å². The van der Waals surface area contributed by atoms with E-state index in [9.17, 15) is 4.79 Å². The first-order valence-electron chi connectivity index (χ1n) is 7.36. The zero-order chi connectivity index (χ0) is 22.6. The number of cyclic esters (lactones) is 1. The zero-order valence-electron chi connectivity index (χ0n) is 14.1. The first kappa shape index (κ1) is 28.8. The lowest BCUT2D eigenvalue weighted by Gasteiger charge is -2.37. The van der Waals surface area contributed by atoms with Crippen molar-refractivity contribution in [2.24, 2.45) is 0 Å². The number of aliphatic hydroxyl groups excluding tert-OH is 9. The third-order valence-corrected chi connectivity index (χ3v) is 3.61. The van der Waals surface area contributed by atoms with E-state index in [1.54, 1.807) is 0 Å². The molecule has 11 N–H and O–H groups in total. The van der Waals surface area contributed by atoms with E-state index in [0.29, 0.717) is 0 Å². The summed E-state index contributed by atoms with van der Waals surface area (Å²) in [6, 6.07) is 0. The molecule has 2 heterocycles. The summed E-state index contributed by atoms with van der Waals surface area (Å²) < 4.78 is 8.96. The lowest BCUT2D eigenvalue weighted by atomic mass is 10.00. The van der Waals surface area contributed by atoms with Crippen LogP contribution in [0.15, 0.2) is 0 Å². The molecule has 0 spiro atoms. The second kappa shape index (κ2) is 14.6. The quantitative estimate of drug-likeness (QED) is 0.112. The fourth-order valence-electron chi connectivity index (χ4n) is 2.06. The first-order valence-corrected chi connectivity index (χ1v) is 7.36. The number of hydrogen-bond donors (Lipinski definition) is 11. The molecule has 28 heavy (non-hydrogen) atoms. The van der Waals surface area contributed by atoms with E-state index < -0.39 is 74.3 Å². The molecule has 2 saturated heterocycles. The molecule has 168 valence electrons. The monoisotopic (exact) mass is 424 g/mol. The van der Waals surface area contributed by atoms with Gasteiger partial charge in [0.2, 0.25) is 0 Å². The number of aliphatic hydroxyl groups is 9. The van der Waals surface area contributed by atoms with E-state index in [2.05, 4.69) is 9.47 Å². The van der Waals surface area contributed by atoms with Gasteiger partial charge in [-0.05, 0) is 0 Å². The van der Waals surface area contributed by atoms with Crippen LogP contribution >= 0.6 is 0 Å². The summed E-state index contributed by atoms with van der Waals surface area (Å²) in [5.41, 5.74) is 0. The summed E-state index contributed by atoms with van der Waals surface area (Å²) in [5, 5.41) is 92.2. The molecule has 0 aliphatic carbocycles. The molecule has 2 aliphatic rings. The van der Waals surface area contributed by atoms with E-state index in [4.69, 9.17) is 66.4 Å². The van der Waals surface area contributed by atoms with Crippen molar-refractivity contribution < 1.29 is 70.7 Å². The van der Waals surface area contributed by atoms with E-state index in [1.165, 1.54) is 0 Å². The Bertz CT molecular complexity index is 416. The Morgan fingerprint density at radius 1 is 0.679 bits per heavy atom. The minimum absolute atomic E-state index is 0.526. The molecule has 0 bridgehead atoms. The maximum Gasteiger partial charge on any atom is 0.338 e. The van der Waals surface area contributed by atoms with Gasteiger partial charge in [-0.25, -0.2) is 4.79 Å². The van der Waals surface area contributed by atoms with Crippen molar-refractivity contribution in [3.05, 3.63) is 9.93 Å². The highest BCUT2D eigenvalue weighted by Crippen LogP contribution is 2.19. The van der Waals surface area contributed by atoms with Crippen LogP contribution in [0.3, 0.4) is 0 Å². The Morgan fingerprint density at radius 2 is 1.11 bits per heavy atom. The van der Waals surface area contributed by atoms with Crippen LogP contribution in [-0.4, -0.2) is 131 Å². The minimum atomic E-state index is -1.73. The molecule has 2 aliphatic heterocycles. The van der Waals surface area contributed by atoms with Crippen LogP contribution in [0.2, 0.25) is 0 Å². The average molecular weight is 424 g/mol. The molecule has 0 aromatic heterocycles. The van der Waals surface area contributed by atoms with Crippen LogP contribution in [-0.2, 0) is 14.3 Å². The molecule has 16 heteroatoms. The molecule has 2 rings (SSSR count). The first-order chi connectivity index (χ1) is 13.1. The predicted molar refractivity (Wildman–Crippen MR) is 83.0 cm³/mol. The Labute approximate surface area is 156 Å². The molecule has 9 atom stereocenters. The summed E-state index contributed by atoms with van der Waals surface area (Å²) in [7, 11) is 0. The SMILES string of the molecule is O=C1O[C@H](CO)[C@@H](O)[C@H](O)[C@H]1O.O=O.OC[C@H]1O[C@@H](O)[C@H](O)[C@@H](O)[C@@H]1O.OO. The summed E-state index contributed by atoms with van der Waals surface area (Å²) in [5.74, 6) is -1.04. The molecular weight excluding hydrogens is 400 g/mol. The molecule has 0 saturated carbocycles. The Kier molecular flexibility index (Phi) is 15.0. The number of carbonyl (C=O) groups excluding carboxylic acids is 1. The molecule has 16 nitrogen and oxygen atoms in total. The zero-order valence-corrected chi connectivity index (χ0v) is 14.1. The standard InChI is InChI=1S/C6H12O6.C6H10O6.H2O2.O2/c2*7-1-2-3(8)4(9)5(10)6(11)12-2;2*1-2/h2-11H,1H2;2-5,7-10H,1H2;1-2H;/t2-,3-,4+,5-,6-;2-,3-,4+,5-;;/m11../s1. The van der Waals surface area contributed by atoms with Crippen molar-refractivity contribution >= 4 is 5.97 Å². The second-order valence-corrected chi connectivity index (χ2v) is 5.30. The van der Waals surface area contributed by atoms with Gasteiger partial charge in [0.15, 0.2) is 18.5 Å². The smallest absolute Gasteiger partial charge is 0.338 e. The van der Waals surface area contributed by atoms with E-state index in [-0.39, 0.29) is 0 Å². The van der Waals surface area contributed by atoms with Gasteiger partial charge in [0, 0.05) is 9.93 Å². The van der Waals surface area contributed by atoms with Gasteiger partial charge in [0.25, 0.3) is 0 Å². The maximum atomic E-state index is 10.7. The minimum Gasteiger partial charge on any atom is -0.455 e. The van der Waals surface area contributed by atoms with Crippen molar-refractivity contribution in [3.8, 4) is 0 Å². The van der Waals surface area contributed by atoms with Gasteiger partial charge in [-0.1, -0.05) is 0 Å². The van der Waals surface area contributed by atoms with Gasteiger partial charge < -0.3 is 55.4 Å². The third kappa shape index (κ3) is 7.54. The van der Waals surface area contributed by atoms with Crippen molar-refractivity contribution in [2.45, 2.75) is 55.1 Å². The molecular formula is C12H24O16. The summed E-state index contributed by atoms with van der Waals surface area (Å²) in [6.07, 6.45) is -13.0. The van der Waals surface area contributed by atoms with Crippen LogP contribution < -0.4 is 0 Å². The number of esters is 1. The highest BCUT2D eigenvalue weighted by Gasteiger charge is 2.43. The van der Waals surface area contributed by atoms with E-state index >= 15 is 0 Å². The Balaban J connectivity index is 0. The molecule has 2 fully saturated rings. The predicted octanol–water partition coefficient (Wildman–Crippen LogP) is -6.15.